The topological polar surface area (TPSA) is 12.9 Å². The minimum atomic E-state index is 0.930. The zero-order valence-electron chi connectivity index (χ0n) is 9.95. The fourth-order valence-electron chi connectivity index (χ4n) is 1.82. The summed E-state index contributed by atoms with van der Waals surface area (Å²) in [6, 6.07) is 10.6. The molecule has 0 spiro atoms. The van der Waals surface area contributed by atoms with Crippen molar-refractivity contribution in [1.82, 2.24) is 4.98 Å². The number of aryl methyl sites for hydroxylation is 3. The van der Waals surface area contributed by atoms with Gasteiger partial charge in [0.15, 0.2) is 0 Å². The Bertz CT molecular complexity index is 443. The molecule has 0 aliphatic heterocycles. The van der Waals surface area contributed by atoms with Crippen LogP contribution < -0.4 is 0 Å². The van der Waals surface area contributed by atoms with Crippen molar-refractivity contribution < 1.29 is 0 Å². The highest BCUT2D eigenvalue weighted by molar-refractivity contribution is 9.08. The Kier molecular flexibility index (Phi) is 4.75. The average Bonchev–Trinajstić information content (AvgIpc) is 2.80. The number of alkyl halides is 1. The molecule has 0 N–H and O–H groups in total. The third-order valence-electron chi connectivity index (χ3n) is 2.75. The van der Waals surface area contributed by atoms with Gasteiger partial charge in [-0.05, 0) is 18.4 Å². The molecule has 17 heavy (non-hydrogen) atoms. The van der Waals surface area contributed by atoms with E-state index in [4.69, 9.17) is 4.98 Å². The second kappa shape index (κ2) is 6.31. The first kappa shape index (κ1) is 12.8. The first-order chi connectivity index (χ1) is 8.33. The van der Waals surface area contributed by atoms with Gasteiger partial charge in [0.2, 0.25) is 0 Å². The summed E-state index contributed by atoms with van der Waals surface area (Å²) in [6.07, 6.45) is 3.16. The summed E-state index contributed by atoms with van der Waals surface area (Å²) in [5.41, 5.74) is 2.65. The fraction of sp³-hybridized carbons (Fsp3) is 0.357. The first-order valence-electron chi connectivity index (χ1n) is 5.90. The van der Waals surface area contributed by atoms with Crippen LogP contribution in [0.1, 0.15) is 28.1 Å². The molecule has 3 heteroatoms. The molecule has 1 heterocycles. The van der Waals surface area contributed by atoms with E-state index in [0.29, 0.717) is 0 Å². The molecule has 0 aliphatic rings. The van der Waals surface area contributed by atoms with Crippen LogP contribution >= 0.6 is 27.3 Å². The van der Waals surface area contributed by atoms with Crippen molar-refractivity contribution in [3.05, 3.63) is 51.5 Å². The molecule has 0 saturated heterocycles. The molecule has 0 fully saturated rings. The van der Waals surface area contributed by atoms with Crippen molar-refractivity contribution >= 4 is 27.3 Å². The third-order valence-corrected chi connectivity index (χ3v) is 4.84. The number of halogens is 1. The molecule has 90 valence electrons. The zero-order valence-corrected chi connectivity index (χ0v) is 12.4. The normalized spacial score (nSPS) is 10.7. The van der Waals surface area contributed by atoms with Crippen LogP contribution in [0.25, 0.3) is 0 Å². The molecule has 0 amide bonds. The molecule has 0 saturated carbocycles. The van der Waals surface area contributed by atoms with Gasteiger partial charge in [-0.25, -0.2) is 4.98 Å². The highest BCUT2D eigenvalue weighted by atomic mass is 79.9. The van der Waals surface area contributed by atoms with Crippen LogP contribution in [0.5, 0.6) is 0 Å². The predicted octanol–water partition coefficient (Wildman–Crippen LogP) is 4.39. The lowest BCUT2D eigenvalue weighted by molar-refractivity contribution is 0.919. The summed E-state index contributed by atoms with van der Waals surface area (Å²) >= 11 is 5.37. The summed E-state index contributed by atoms with van der Waals surface area (Å²) in [7, 11) is 0. The quantitative estimate of drug-likeness (QED) is 0.747. The van der Waals surface area contributed by atoms with Crippen LogP contribution in [0.4, 0.5) is 0 Å². The molecule has 1 aromatic heterocycles. The lowest BCUT2D eigenvalue weighted by Gasteiger charge is -1.97. The third kappa shape index (κ3) is 3.39. The van der Waals surface area contributed by atoms with Gasteiger partial charge in [-0.1, -0.05) is 53.2 Å². The number of benzene rings is 1. The van der Waals surface area contributed by atoms with Gasteiger partial charge < -0.3 is 0 Å². The maximum absolute atomic E-state index is 4.70. The molecule has 2 aromatic rings. The monoisotopic (exact) mass is 309 g/mol. The van der Waals surface area contributed by atoms with E-state index in [1.165, 1.54) is 21.1 Å². The fourth-order valence-corrected chi connectivity index (χ4v) is 3.49. The van der Waals surface area contributed by atoms with Gasteiger partial charge in [0.1, 0.15) is 0 Å². The first-order valence-corrected chi connectivity index (χ1v) is 7.84. The van der Waals surface area contributed by atoms with Crippen molar-refractivity contribution in [2.75, 3.05) is 0 Å². The summed E-state index contributed by atoms with van der Waals surface area (Å²) in [6.45, 7) is 2.17. The Hall–Kier alpha value is -0.670. The largest absolute Gasteiger partial charge is 0.246 e. The van der Waals surface area contributed by atoms with Gasteiger partial charge in [-0.2, -0.15) is 0 Å². The van der Waals surface area contributed by atoms with Gasteiger partial charge in [0.05, 0.1) is 10.7 Å². The molecule has 1 nitrogen and oxygen atoms in total. The maximum Gasteiger partial charge on any atom is 0.0934 e. The average molecular weight is 310 g/mol. The summed E-state index contributed by atoms with van der Waals surface area (Å²) in [4.78, 5) is 6.09. The van der Waals surface area contributed by atoms with Gasteiger partial charge in [-0.15, -0.1) is 11.3 Å². The van der Waals surface area contributed by atoms with E-state index in [9.17, 15) is 0 Å². The Morgan fingerprint density at radius 2 is 1.94 bits per heavy atom. The molecule has 0 atom stereocenters. The maximum atomic E-state index is 4.70. The Morgan fingerprint density at radius 3 is 2.53 bits per heavy atom. The second-order valence-corrected chi connectivity index (χ2v) is 5.68. The second-order valence-electron chi connectivity index (χ2n) is 3.95. The van der Waals surface area contributed by atoms with Crippen LogP contribution in [0, 0.1) is 0 Å². The van der Waals surface area contributed by atoms with Gasteiger partial charge in [-0.3, -0.25) is 0 Å². The summed E-state index contributed by atoms with van der Waals surface area (Å²) < 4.78 is 0. The smallest absolute Gasteiger partial charge is 0.0934 e. The zero-order chi connectivity index (χ0) is 12.1. The van der Waals surface area contributed by atoms with Crippen molar-refractivity contribution in [1.29, 1.82) is 0 Å². The van der Waals surface area contributed by atoms with Crippen LogP contribution in [0.2, 0.25) is 0 Å². The standard InChI is InChI=1S/C14H16BrNS/c1-2-12-13(10-15)17-14(16-12)9-8-11-6-4-3-5-7-11/h3-7H,2,8-10H2,1H3. The molecule has 1 aromatic carbocycles. The molecule has 0 unspecified atom stereocenters. The molecular weight excluding hydrogens is 294 g/mol. The van der Waals surface area contributed by atoms with E-state index in [1.54, 1.807) is 0 Å². The van der Waals surface area contributed by atoms with E-state index in [-0.39, 0.29) is 0 Å². The molecule has 0 bridgehead atoms. The number of rotatable bonds is 5. The van der Waals surface area contributed by atoms with E-state index in [2.05, 4.69) is 53.2 Å². The lowest BCUT2D eigenvalue weighted by atomic mass is 10.1. The van der Waals surface area contributed by atoms with Crippen molar-refractivity contribution in [3.63, 3.8) is 0 Å². The summed E-state index contributed by atoms with van der Waals surface area (Å²) in [5, 5.41) is 2.19. The number of aromatic nitrogens is 1. The van der Waals surface area contributed by atoms with Crippen LogP contribution in [0.3, 0.4) is 0 Å². The minimum Gasteiger partial charge on any atom is -0.246 e. The Labute approximate surface area is 115 Å². The van der Waals surface area contributed by atoms with E-state index in [1.807, 2.05) is 11.3 Å². The number of nitrogens with zero attached hydrogens (tertiary/aromatic N) is 1. The van der Waals surface area contributed by atoms with Crippen LogP contribution in [-0.4, -0.2) is 4.98 Å². The van der Waals surface area contributed by atoms with E-state index < -0.39 is 0 Å². The Morgan fingerprint density at radius 1 is 1.18 bits per heavy atom. The number of hydrogen-bond acceptors (Lipinski definition) is 2. The summed E-state index contributed by atoms with van der Waals surface area (Å²) in [5.74, 6) is 0. The van der Waals surface area contributed by atoms with Gasteiger partial charge in [0, 0.05) is 16.6 Å². The van der Waals surface area contributed by atoms with Gasteiger partial charge in [0.25, 0.3) is 0 Å². The number of hydrogen-bond donors (Lipinski definition) is 0. The highest BCUT2D eigenvalue weighted by Crippen LogP contribution is 2.23. The van der Waals surface area contributed by atoms with E-state index in [0.717, 1.165) is 24.6 Å². The lowest BCUT2D eigenvalue weighted by Crippen LogP contribution is -1.91. The Balaban J connectivity index is 2.02. The predicted molar refractivity (Wildman–Crippen MR) is 78.0 cm³/mol. The minimum absolute atomic E-state index is 0.930. The molecule has 2 rings (SSSR count). The van der Waals surface area contributed by atoms with Gasteiger partial charge >= 0.3 is 0 Å². The van der Waals surface area contributed by atoms with Crippen LogP contribution in [0.15, 0.2) is 30.3 Å². The van der Waals surface area contributed by atoms with Crippen molar-refractivity contribution in [2.24, 2.45) is 0 Å². The molecule has 0 radical (unpaired) electrons. The number of thiazole rings is 1. The highest BCUT2D eigenvalue weighted by Gasteiger charge is 2.08. The molecule has 0 aliphatic carbocycles. The van der Waals surface area contributed by atoms with Crippen molar-refractivity contribution in [3.8, 4) is 0 Å². The molecular formula is C14H16BrNS. The van der Waals surface area contributed by atoms with Crippen LogP contribution in [-0.2, 0) is 24.6 Å². The van der Waals surface area contributed by atoms with Crippen molar-refractivity contribution in [2.45, 2.75) is 31.5 Å². The van der Waals surface area contributed by atoms with E-state index >= 15 is 0 Å². The SMILES string of the molecule is CCc1nc(CCc2ccccc2)sc1CBr.